The zero-order valence-electron chi connectivity index (χ0n) is 16.6. The summed E-state index contributed by atoms with van der Waals surface area (Å²) in [5.41, 5.74) is 3.91. The lowest BCUT2D eigenvalue weighted by Gasteiger charge is -2.26. The van der Waals surface area contributed by atoms with E-state index in [1.165, 1.54) is 10.6 Å². The normalized spacial score (nSPS) is 12.5. The number of para-hydroxylation sites is 1. The number of amides is 1. The van der Waals surface area contributed by atoms with Crippen molar-refractivity contribution in [2.45, 2.75) is 46.7 Å². The number of anilines is 1. The maximum absolute atomic E-state index is 12.4. The number of carbonyl (C=O) groups excluding carboxylic acids is 1. The van der Waals surface area contributed by atoms with Crippen LogP contribution in [0.5, 0.6) is 0 Å². The minimum atomic E-state index is -3.45. The van der Waals surface area contributed by atoms with Gasteiger partial charge in [-0.15, -0.1) is 0 Å². The van der Waals surface area contributed by atoms with Gasteiger partial charge in [0, 0.05) is 11.6 Å². The second-order valence-electron chi connectivity index (χ2n) is 6.99. The molecule has 0 saturated heterocycles. The van der Waals surface area contributed by atoms with E-state index in [1.807, 2.05) is 45.9 Å². The number of rotatable bonds is 7. The van der Waals surface area contributed by atoms with Gasteiger partial charge in [0.2, 0.25) is 10.0 Å². The van der Waals surface area contributed by atoms with Crippen molar-refractivity contribution in [3.63, 3.8) is 0 Å². The SMILES string of the molecule is CC[C@@H](C)NC(=O)c1ccc(CN(c2c(C)cccc2C)S(C)(=O)=O)cc1. The first-order chi connectivity index (χ1) is 12.6. The molecule has 5 nitrogen and oxygen atoms in total. The molecular formula is C21H28N2O3S. The van der Waals surface area contributed by atoms with Crippen LogP contribution in [-0.4, -0.2) is 26.6 Å². The molecule has 0 aliphatic heterocycles. The van der Waals surface area contributed by atoms with E-state index in [1.54, 1.807) is 24.3 Å². The number of benzene rings is 2. The van der Waals surface area contributed by atoms with Gasteiger partial charge in [-0.25, -0.2) is 8.42 Å². The Hall–Kier alpha value is -2.34. The predicted molar refractivity (Wildman–Crippen MR) is 111 cm³/mol. The lowest BCUT2D eigenvalue weighted by molar-refractivity contribution is 0.0939. The maximum Gasteiger partial charge on any atom is 0.251 e. The van der Waals surface area contributed by atoms with Crippen LogP contribution in [0, 0.1) is 13.8 Å². The number of nitrogens with zero attached hydrogens (tertiary/aromatic N) is 1. The van der Waals surface area contributed by atoms with Gasteiger partial charge in [0.15, 0.2) is 0 Å². The van der Waals surface area contributed by atoms with Crippen LogP contribution in [0.1, 0.15) is 47.3 Å². The molecule has 1 atom stereocenters. The van der Waals surface area contributed by atoms with Crippen LogP contribution in [0.15, 0.2) is 42.5 Å². The van der Waals surface area contributed by atoms with Crippen LogP contribution in [0.4, 0.5) is 5.69 Å². The molecule has 0 spiro atoms. The second-order valence-corrected chi connectivity index (χ2v) is 8.90. The third-order valence-corrected chi connectivity index (χ3v) is 5.73. The quantitative estimate of drug-likeness (QED) is 0.785. The van der Waals surface area contributed by atoms with Crippen molar-refractivity contribution in [3.05, 3.63) is 64.7 Å². The summed E-state index contributed by atoms with van der Waals surface area (Å²) in [4.78, 5) is 12.2. The molecular weight excluding hydrogens is 360 g/mol. The second kappa shape index (κ2) is 8.57. The van der Waals surface area contributed by atoms with Gasteiger partial charge in [-0.3, -0.25) is 9.10 Å². The summed E-state index contributed by atoms with van der Waals surface area (Å²) >= 11 is 0. The molecule has 0 unspecified atom stereocenters. The molecule has 1 amide bonds. The van der Waals surface area contributed by atoms with Gasteiger partial charge in [0.05, 0.1) is 18.5 Å². The summed E-state index contributed by atoms with van der Waals surface area (Å²) < 4.78 is 26.3. The summed E-state index contributed by atoms with van der Waals surface area (Å²) in [6.07, 6.45) is 2.08. The number of hydrogen-bond donors (Lipinski definition) is 1. The molecule has 2 rings (SSSR count). The van der Waals surface area contributed by atoms with Gasteiger partial charge >= 0.3 is 0 Å². The Bertz CT molecular complexity index is 885. The molecule has 0 aromatic heterocycles. The van der Waals surface area contributed by atoms with Crippen LogP contribution in [-0.2, 0) is 16.6 Å². The van der Waals surface area contributed by atoms with Crippen LogP contribution < -0.4 is 9.62 Å². The lowest BCUT2D eigenvalue weighted by Crippen LogP contribution is -2.32. The van der Waals surface area contributed by atoms with E-state index in [0.717, 1.165) is 23.1 Å². The molecule has 0 saturated carbocycles. The molecule has 0 fully saturated rings. The molecule has 1 N–H and O–H groups in total. The fraction of sp³-hybridized carbons (Fsp3) is 0.381. The lowest BCUT2D eigenvalue weighted by atomic mass is 10.1. The smallest absolute Gasteiger partial charge is 0.251 e. The molecule has 0 heterocycles. The summed E-state index contributed by atoms with van der Waals surface area (Å²) in [5, 5.41) is 2.93. The standard InChI is InChI=1S/C21H28N2O3S/c1-6-17(4)22-21(24)19-12-10-18(11-13-19)14-23(27(5,25)26)20-15(2)8-7-9-16(20)3/h7-13,17H,6,14H2,1-5H3,(H,22,24)/t17-/m1/s1. The number of carbonyl (C=O) groups is 1. The Balaban J connectivity index is 2.28. The predicted octanol–water partition coefficient (Wildman–Crippen LogP) is 3.80. The Labute approximate surface area is 162 Å². The van der Waals surface area contributed by atoms with Crippen molar-refractivity contribution in [2.24, 2.45) is 0 Å². The Morgan fingerprint density at radius 3 is 2.11 bits per heavy atom. The van der Waals surface area contributed by atoms with Gasteiger partial charge in [0.1, 0.15) is 0 Å². The fourth-order valence-electron chi connectivity index (χ4n) is 2.90. The number of aryl methyl sites for hydroxylation is 2. The van der Waals surface area contributed by atoms with Crippen LogP contribution in [0.3, 0.4) is 0 Å². The van der Waals surface area contributed by atoms with Gasteiger partial charge in [-0.2, -0.15) is 0 Å². The molecule has 2 aromatic rings. The van der Waals surface area contributed by atoms with Gasteiger partial charge in [0.25, 0.3) is 5.91 Å². The van der Waals surface area contributed by atoms with Crippen LogP contribution >= 0.6 is 0 Å². The van der Waals surface area contributed by atoms with Crippen LogP contribution in [0.25, 0.3) is 0 Å². The van der Waals surface area contributed by atoms with E-state index >= 15 is 0 Å². The first-order valence-corrected chi connectivity index (χ1v) is 10.9. The van der Waals surface area contributed by atoms with Gasteiger partial charge < -0.3 is 5.32 Å². The molecule has 146 valence electrons. The Kier molecular flexibility index (Phi) is 6.65. The van der Waals surface area contributed by atoms with Gasteiger partial charge in [-0.05, 0) is 56.0 Å². The monoisotopic (exact) mass is 388 g/mol. The summed E-state index contributed by atoms with van der Waals surface area (Å²) in [7, 11) is -3.45. The van der Waals surface area contributed by atoms with Crippen LogP contribution in [0.2, 0.25) is 0 Å². The molecule has 0 aliphatic carbocycles. The van der Waals surface area contributed by atoms with E-state index < -0.39 is 10.0 Å². The van der Waals surface area contributed by atoms with E-state index in [2.05, 4.69) is 5.32 Å². The van der Waals surface area contributed by atoms with Crippen molar-refractivity contribution >= 4 is 21.6 Å². The van der Waals surface area contributed by atoms with E-state index in [0.29, 0.717) is 11.3 Å². The Morgan fingerprint density at radius 2 is 1.63 bits per heavy atom. The zero-order chi connectivity index (χ0) is 20.2. The van der Waals surface area contributed by atoms with Crippen molar-refractivity contribution in [1.29, 1.82) is 0 Å². The first kappa shape index (κ1) is 21.0. The average molecular weight is 389 g/mol. The van der Waals surface area contributed by atoms with E-state index in [4.69, 9.17) is 0 Å². The molecule has 2 aromatic carbocycles. The van der Waals surface area contributed by atoms with Crippen molar-refractivity contribution < 1.29 is 13.2 Å². The van der Waals surface area contributed by atoms with E-state index in [9.17, 15) is 13.2 Å². The van der Waals surface area contributed by atoms with Crippen molar-refractivity contribution in [3.8, 4) is 0 Å². The fourth-order valence-corrected chi connectivity index (χ4v) is 3.90. The number of hydrogen-bond acceptors (Lipinski definition) is 3. The third-order valence-electron chi connectivity index (χ3n) is 4.62. The summed E-state index contributed by atoms with van der Waals surface area (Å²) in [6, 6.07) is 12.9. The van der Waals surface area contributed by atoms with Gasteiger partial charge in [-0.1, -0.05) is 37.3 Å². The van der Waals surface area contributed by atoms with Crippen molar-refractivity contribution in [2.75, 3.05) is 10.6 Å². The Morgan fingerprint density at radius 1 is 1.07 bits per heavy atom. The number of sulfonamides is 1. The highest BCUT2D eigenvalue weighted by atomic mass is 32.2. The molecule has 0 aliphatic rings. The molecule has 27 heavy (non-hydrogen) atoms. The minimum absolute atomic E-state index is 0.113. The minimum Gasteiger partial charge on any atom is -0.350 e. The number of nitrogens with one attached hydrogen (secondary N) is 1. The summed E-state index contributed by atoms with van der Waals surface area (Å²) in [6.45, 7) is 8.01. The molecule has 6 heteroatoms. The maximum atomic E-state index is 12.4. The average Bonchev–Trinajstić information content (AvgIpc) is 2.60. The van der Waals surface area contributed by atoms with Crippen molar-refractivity contribution in [1.82, 2.24) is 5.32 Å². The zero-order valence-corrected chi connectivity index (χ0v) is 17.4. The highest BCUT2D eigenvalue weighted by molar-refractivity contribution is 7.92. The molecule has 0 bridgehead atoms. The highest BCUT2D eigenvalue weighted by Gasteiger charge is 2.21. The topological polar surface area (TPSA) is 66.5 Å². The third kappa shape index (κ3) is 5.32. The molecule has 0 radical (unpaired) electrons. The summed E-state index contributed by atoms with van der Waals surface area (Å²) in [5.74, 6) is -0.120. The largest absolute Gasteiger partial charge is 0.350 e. The van der Waals surface area contributed by atoms with E-state index in [-0.39, 0.29) is 18.5 Å². The first-order valence-electron chi connectivity index (χ1n) is 9.07. The highest BCUT2D eigenvalue weighted by Crippen LogP contribution is 2.28.